The Hall–Kier alpha value is -2.93. The molecule has 0 atom stereocenters. The summed E-state index contributed by atoms with van der Waals surface area (Å²) in [5.74, 6) is -0.230. The van der Waals surface area contributed by atoms with Gasteiger partial charge in [-0.2, -0.15) is 0 Å². The van der Waals surface area contributed by atoms with E-state index in [1.165, 1.54) is 22.5 Å². The van der Waals surface area contributed by atoms with Crippen LogP contribution in [0.3, 0.4) is 0 Å². The summed E-state index contributed by atoms with van der Waals surface area (Å²) in [6.07, 6.45) is 0.891. The third-order valence-electron chi connectivity index (χ3n) is 5.51. The molecule has 1 aliphatic rings. The fraction of sp³-hybridized carbons (Fsp3) is 0.167. The summed E-state index contributed by atoms with van der Waals surface area (Å²) in [5, 5.41) is 4.36. The molecular weight excluding hydrogens is 428 g/mol. The number of halogens is 1. The number of nitrogens with zero attached hydrogens (tertiary/aromatic N) is 2. The number of aromatic nitrogens is 1. The molecule has 3 heterocycles. The summed E-state index contributed by atoms with van der Waals surface area (Å²) < 4.78 is 0. The standard InChI is InChI=1S/C24H21ClN4OS/c25-17-6-8-18(9-7-17)27-23(30)22-21(26)19-12-16-14-29(13-15-4-2-1-3-5-15)11-10-20(16)28-24(19)31-22/h1-9,12H,10-11,13-14,26H2,(H,27,30). The Morgan fingerprint density at radius 1 is 1.16 bits per heavy atom. The normalized spacial score (nSPS) is 13.8. The van der Waals surface area contributed by atoms with Gasteiger partial charge in [0.15, 0.2) is 0 Å². The van der Waals surface area contributed by atoms with E-state index in [9.17, 15) is 4.79 Å². The fourth-order valence-electron chi connectivity index (χ4n) is 3.92. The molecule has 2 aromatic heterocycles. The van der Waals surface area contributed by atoms with Gasteiger partial charge in [0, 0.05) is 47.8 Å². The van der Waals surface area contributed by atoms with Gasteiger partial charge < -0.3 is 11.1 Å². The molecule has 5 nitrogen and oxygen atoms in total. The number of anilines is 2. The van der Waals surface area contributed by atoms with Gasteiger partial charge in [-0.25, -0.2) is 4.98 Å². The highest BCUT2D eigenvalue weighted by atomic mass is 35.5. The highest BCUT2D eigenvalue weighted by Gasteiger charge is 2.23. The van der Waals surface area contributed by atoms with Crippen molar-refractivity contribution in [3.63, 3.8) is 0 Å². The van der Waals surface area contributed by atoms with Crippen LogP contribution in [0.2, 0.25) is 5.02 Å². The molecule has 2 aromatic carbocycles. The third kappa shape index (κ3) is 4.14. The first-order valence-corrected chi connectivity index (χ1v) is 11.3. The Morgan fingerprint density at radius 2 is 1.94 bits per heavy atom. The van der Waals surface area contributed by atoms with Crippen molar-refractivity contribution < 1.29 is 4.79 Å². The number of hydrogen-bond acceptors (Lipinski definition) is 5. The molecule has 0 aliphatic carbocycles. The van der Waals surface area contributed by atoms with Crippen molar-refractivity contribution in [3.05, 3.63) is 87.4 Å². The summed E-state index contributed by atoms with van der Waals surface area (Å²) >= 11 is 7.26. The van der Waals surface area contributed by atoms with Crippen LogP contribution in [0.15, 0.2) is 60.7 Å². The first kappa shape index (κ1) is 20.0. The molecule has 1 aliphatic heterocycles. The van der Waals surface area contributed by atoms with Gasteiger partial charge in [-0.3, -0.25) is 9.69 Å². The minimum Gasteiger partial charge on any atom is -0.397 e. The van der Waals surface area contributed by atoms with Crippen molar-refractivity contribution in [2.75, 3.05) is 17.6 Å². The largest absolute Gasteiger partial charge is 0.397 e. The van der Waals surface area contributed by atoms with Crippen molar-refractivity contribution >= 4 is 50.4 Å². The Balaban J connectivity index is 1.39. The SMILES string of the molecule is Nc1c(C(=O)Nc2ccc(Cl)cc2)sc2nc3c(cc12)CN(Cc1ccccc1)CC3. The molecule has 0 fully saturated rings. The van der Waals surface area contributed by atoms with Gasteiger partial charge in [-0.05, 0) is 41.5 Å². The number of pyridine rings is 1. The van der Waals surface area contributed by atoms with Crippen LogP contribution in [0, 0.1) is 0 Å². The molecule has 31 heavy (non-hydrogen) atoms. The Bertz CT molecular complexity index is 1250. The van der Waals surface area contributed by atoms with E-state index in [1.54, 1.807) is 24.3 Å². The molecule has 4 aromatic rings. The van der Waals surface area contributed by atoms with E-state index >= 15 is 0 Å². The first-order chi connectivity index (χ1) is 15.1. The van der Waals surface area contributed by atoms with Crippen LogP contribution in [-0.4, -0.2) is 22.3 Å². The van der Waals surface area contributed by atoms with Crippen LogP contribution < -0.4 is 11.1 Å². The van der Waals surface area contributed by atoms with Crippen LogP contribution in [0.5, 0.6) is 0 Å². The van der Waals surface area contributed by atoms with Crippen molar-refractivity contribution in [2.24, 2.45) is 0 Å². The second kappa shape index (κ2) is 8.30. The number of nitrogens with one attached hydrogen (secondary N) is 1. The summed E-state index contributed by atoms with van der Waals surface area (Å²) in [4.78, 5) is 21.4. The lowest BCUT2D eigenvalue weighted by Crippen LogP contribution is -2.30. The topological polar surface area (TPSA) is 71.2 Å². The van der Waals surface area contributed by atoms with E-state index in [0.717, 1.165) is 42.0 Å². The quantitative estimate of drug-likeness (QED) is 0.442. The van der Waals surface area contributed by atoms with E-state index in [2.05, 4.69) is 40.5 Å². The lowest BCUT2D eigenvalue weighted by atomic mass is 10.0. The zero-order valence-corrected chi connectivity index (χ0v) is 18.3. The maximum absolute atomic E-state index is 12.8. The Kier molecular flexibility index (Phi) is 5.36. The number of nitrogens with two attached hydrogens (primary N) is 1. The van der Waals surface area contributed by atoms with Crippen LogP contribution >= 0.6 is 22.9 Å². The summed E-state index contributed by atoms with van der Waals surface area (Å²) in [7, 11) is 0. The molecule has 0 spiro atoms. The number of nitrogen functional groups attached to an aromatic ring is 1. The second-order valence-electron chi connectivity index (χ2n) is 7.70. The molecule has 0 saturated heterocycles. The smallest absolute Gasteiger partial charge is 0.267 e. The third-order valence-corrected chi connectivity index (χ3v) is 6.87. The molecule has 1 amide bonds. The zero-order chi connectivity index (χ0) is 21.4. The van der Waals surface area contributed by atoms with Gasteiger partial charge >= 0.3 is 0 Å². The number of benzene rings is 2. The van der Waals surface area contributed by atoms with Crippen LogP contribution in [-0.2, 0) is 19.5 Å². The van der Waals surface area contributed by atoms with E-state index in [4.69, 9.17) is 22.3 Å². The highest BCUT2D eigenvalue weighted by Crippen LogP contribution is 2.35. The monoisotopic (exact) mass is 448 g/mol. The van der Waals surface area contributed by atoms with Crippen LogP contribution in [0.4, 0.5) is 11.4 Å². The van der Waals surface area contributed by atoms with Gasteiger partial charge in [0.05, 0.1) is 5.69 Å². The molecule has 0 bridgehead atoms. The average Bonchev–Trinajstić information content (AvgIpc) is 3.10. The molecule has 5 rings (SSSR count). The van der Waals surface area contributed by atoms with Crippen molar-refractivity contribution in [2.45, 2.75) is 19.5 Å². The second-order valence-corrected chi connectivity index (χ2v) is 9.13. The highest BCUT2D eigenvalue weighted by molar-refractivity contribution is 7.21. The zero-order valence-electron chi connectivity index (χ0n) is 16.8. The fourth-order valence-corrected chi connectivity index (χ4v) is 5.04. The van der Waals surface area contributed by atoms with Gasteiger partial charge in [-0.15, -0.1) is 11.3 Å². The average molecular weight is 449 g/mol. The first-order valence-electron chi connectivity index (χ1n) is 10.1. The van der Waals surface area contributed by atoms with E-state index in [-0.39, 0.29) is 5.91 Å². The minimum absolute atomic E-state index is 0.230. The summed E-state index contributed by atoms with van der Waals surface area (Å²) in [5.41, 5.74) is 11.1. The predicted molar refractivity (Wildman–Crippen MR) is 128 cm³/mol. The van der Waals surface area contributed by atoms with E-state index < -0.39 is 0 Å². The maximum atomic E-state index is 12.8. The van der Waals surface area contributed by atoms with Crippen molar-refractivity contribution in [1.82, 2.24) is 9.88 Å². The Morgan fingerprint density at radius 3 is 2.71 bits per heavy atom. The van der Waals surface area contributed by atoms with Gasteiger partial charge in [0.2, 0.25) is 0 Å². The lowest BCUT2D eigenvalue weighted by Gasteiger charge is -2.28. The van der Waals surface area contributed by atoms with Crippen LogP contribution in [0.25, 0.3) is 10.2 Å². The van der Waals surface area contributed by atoms with Gasteiger partial charge in [0.25, 0.3) is 5.91 Å². The number of thiophene rings is 1. The summed E-state index contributed by atoms with van der Waals surface area (Å²) in [6.45, 7) is 2.70. The molecular formula is C24H21ClN4OS. The number of rotatable bonds is 4. The van der Waals surface area contributed by atoms with Gasteiger partial charge in [-0.1, -0.05) is 41.9 Å². The summed E-state index contributed by atoms with van der Waals surface area (Å²) in [6, 6.07) is 19.6. The van der Waals surface area contributed by atoms with E-state index in [1.807, 2.05) is 6.07 Å². The number of fused-ring (bicyclic) bond motifs is 2. The number of amides is 1. The molecule has 0 unspecified atom stereocenters. The molecule has 156 valence electrons. The molecule has 3 N–H and O–H groups in total. The molecule has 0 saturated carbocycles. The van der Waals surface area contributed by atoms with Crippen LogP contribution in [0.1, 0.15) is 26.5 Å². The number of carbonyl (C=O) groups excluding carboxylic acids is 1. The number of carbonyl (C=O) groups is 1. The van der Waals surface area contributed by atoms with Crippen molar-refractivity contribution in [3.8, 4) is 0 Å². The minimum atomic E-state index is -0.230. The number of hydrogen-bond donors (Lipinski definition) is 2. The molecule has 0 radical (unpaired) electrons. The maximum Gasteiger partial charge on any atom is 0.267 e. The predicted octanol–water partition coefficient (Wildman–Crippen LogP) is 5.34. The molecule has 7 heteroatoms. The lowest BCUT2D eigenvalue weighted by molar-refractivity contribution is 0.103. The van der Waals surface area contributed by atoms with Crippen molar-refractivity contribution in [1.29, 1.82) is 0 Å². The van der Waals surface area contributed by atoms with Gasteiger partial charge in [0.1, 0.15) is 9.71 Å². The van der Waals surface area contributed by atoms with E-state index in [0.29, 0.717) is 21.3 Å². The Labute approximate surface area is 189 Å².